The summed E-state index contributed by atoms with van der Waals surface area (Å²) in [6.07, 6.45) is 0.668. The van der Waals surface area contributed by atoms with Gasteiger partial charge in [0.25, 0.3) is 0 Å². The first-order valence-corrected chi connectivity index (χ1v) is 7.59. The molecule has 112 valence electrons. The lowest BCUT2D eigenvalue weighted by Crippen LogP contribution is -2.65. The van der Waals surface area contributed by atoms with Crippen LogP contribution in [0.1, 0.15) is 24.9 Å². The van der Waals surface area contributed by atoms with E-state index in [0.29, 0.717) is 11.4 Å². The lowest BCUT2D eigenvalue weighted by atomic mass is 9.90. The van der Waals surface area contributed by atoms with E-state index in [1.54, 1.807) is 11.0 Å². The maximum absolute atomic E-state index is 12.6. The summed E-state index contributed by atoms with van der Waals surface area (Å²) in [4.78, 5) is 14.3. The number of anilines is 1. The number of benzene rings is 2. The summed E-state index contributed by atoms with van der Waals surface area (Å²) < 4.78 is 6.19. The number of fused-ring (bicyclic) bond motifs is 4. The number of amides is 2. The largest absolute Gasteiger partial charge is 0.467 e. The zero-order valence-electron chi connectivity index (χ0n) is 12.0. The van der Waals surface area contributed by atoms with Crippen molar-refractivity contribution in [2.24, 2.45) is 0 Å². The molecule has 4 nitrogen and oxygen atoms in total. The fraction of sp³-hybridized carbons (Fsp3) is 0.235. The van der Waals surface area contributed by atoms with E-state index in [4.69, 9.17) is 16.3 Å². The van der Waals surface area contributed by atoms with Gasteiger partial charge in [0.15, 0.2) is 5.72 Å². The third kappa shape index (κ3) is 1.95. The van der Waals surface area contributed by atoms with Crippen LogP contribution < -0.4 is 15.0 Å². The smallest absolute Gasteiger partial charge is 0.325 e. The average molecular weight is 315 g/mol. The van der Waals surface area contributed by atoms with Crippen molar-refractivity contribution in [3.63, 3.8) is 0 Å². The van der Waals surface area contributed by atoms with Crippen molar-refractivity contribution in [1.29, 1.82) is 0 Å². The van der Waals surface area contributed by atoms with Crippen LogP contribution in [-0.2, 0) is 0 Å². The van der Waals surface area contributed by atoms with Gasteiger partial charge in [-0.25, -0.2) is 4.79 Å². The highest BCUT2D eigenvalue weighted by Gasteiger charge is 2.49. The van der Waals surface area contributed by atoms with Crippen molar-refractivity contribution in [1.82, 2.24) is 5.32 Å². The highest BCUT2D eigenvalue weighted by molar-refractivity contribution is 6.30. The van der Waals surface area contributed by atoms with Gasteiger partial charge < -0.3 is 10.1 Å². The molecule has 2 aromatic rings. The molecule has 4 rings (SSSR count). The van der Waals surface area contributed by atoms with Crippen molar-refractivity contribution in [2.75, 3.05) is 4.90 Å². The number of hydrogen-bond donors (Lipinski definition) is 1. The molecule has 1 saturated heterocycles. The maximum Gasteiger partial charge on any atom is 0.325 e. The molecule has 22 heavy (non-hydrogen) atoms. The molecule has 2 aliphatic heterocycles. The van der Waals surface area contributed by atoms with E-state index >= 15 is 0 Å². The quantitative estimate of drug-likeness (QED) is 0.860. The molecule has 2 amide bonds. The summed E-state index contributed by atoms with van der Waals surface area (Å²) in [5.41, 5.74) is 1.04. The van der Waals surface area contributed by atoms with E-state index in [-0.39, 0.29) is 12.1 Å². The van der Waals surface area contributed by atoms with Crippen LogP contribution in [0.25, 0.3) is 0 Å². The normalized spacial score (nSPS) is 26.0. The van der Waals surface area contributed by atoms with Gasteiger partial charge in [0, 0.05) is 22.7 Å². The molecule has 0 saturated carbocycles. The van der Waals surface area contributed by atoms with Crippen molar-refractivity contribution in [3.05, 3.63) is 59.1 Å². The molecular formula is C17H15ClN2O2. The zero-order chi connectivity index (χ0) is 15.3. The van der Waals surface area contributed by atoms with Crippen LogP contribution in [0.15, 0.2) is 48.5 Å². The van der Waals surface area contributed by atoms with Gasteiger partial charge in [-0.1, -0.05) is 29.8 Å². The molecule has 1 fully saturated rings. The van der Waals surface area contributed by atoms with E-state index in [1.165, 1.54) is 0 Å². The molecule has 0 spiro atoms. The molecule has 0 radical (unpaired) electrons. The van der Waals surface area contributed by atoms with Crippen LogP contribution in [0.3, 0.4) is 0 Å². The molecule has 2 aliphatic rings. The van der Waals surface area contributed by atoms with Crippen LogP contribution in [0.4, 0.5) is 10.5 Å². The molecule has 2 atom stereocenters. The molecule has 2 heterocycles. The molecule has 5 heteroatoms. The molecule has 2 aromatic carbocycles. The summed E-state index contributed by atoms with van der Waals surface area (Å²) in [7, 11) is 0. The van der Waals surface area contributed by atoms with Gasteiger partial charge in [0.1, 0.15) is 5.75 Å². The number of halogens is 1. The molecule has 0 unspecified atom stereocenters. The number of para-hydroxylation sites is 1. The van der Waals surface area contributed by atoms with Gasteiger partial charge in [-0.2, -0.15) is 0 Å². The molecule has 0 aromatic heterocycles. The third-order valence-corrected chi connectivity index (χ3v) is 4.48. The molecule has 1 N–H and O–H groups in total. The number of carbonyl (C=O) groups is 1. The Morgan fingerprint density at radius 1 is 1.27 bits per heavy atom. The molecule has 0 aliphatic carbocycles. The Labute approximate surface area is 133 Å². The highest BCUT2D eigenvalue weighted by Crippen LogP contribution is 2.46. The first kappa shape index (κ1) is 13.5. The minimum atomic E-state index is -0.713. The number of ether oxygens (including phenoxy) is 1. The minimum Gasteiger partial charge on any atom is -0.467 e. The number of carbonyl (C=O) groups excluding carboxylic acids is 1. The predicted octanol–water partition coefficient (Wildman–Crippen LogP) is 4.11. The summed E-state index contributed by atoms with van der Waals surface area (Å²) in [6.45, 7) is 1.95. The van der Waals surface area contributed by atoms with E-state index < -0.39 is 5.72 Å². The predicted molar refractivity (Wildman–Crippen MR) is 85.3 cm³/mol. The summed E-state index contributed by atoms with van der Waals surface area (Å²) in [6, 6.07) is 14.9. The Morgan fingerprint density at radius 3 is 2.82 bits per heavy atom. The van der Waals surface area contributed by atoms with E-state index in [1.807, 2.05) is 49.4 Å². The van der Waals surface area contributed by atoms with Crippen LogP contribution in [0.2, 0.25) is 5.02 Å². The van der Waals surface area contributed by atoms with Gasteiger partial charge in [-0.15, -0.1) is 0 Å². The standard InChI is InChI=1S/C17H15ClN2O2/c1-17-10-14(13-9-11(18)7-8-15(13)22-17)19-16(21)20(17)12-5-3-2-4-6-12/h2-9,14H,10H2,1H3,(H,19,21)/t14-,17+/m1/s1. The fourth-order valence-corrected chi connectivity index (χ4v) is 3.49. The lowest BCUT2D eigenvalue weighted by molar-refractivity contribution is 0.0379. The highest BCUT2D eigenvalue weighted by atomic mass is 35.5. The summed E-state index contributed by atoms with van der Waals surface area (Å²) >= 11 is 6.07. The van der Waals surface area contributed by atoms with Crippen LogP contribution >= 0.6 is 11.6 Å². The minimum absolute atomic E-state index is 0.0834. The Hall–Kier alpha value is -2.20. The van der Waals surface area contributed by atoms with Gasteiger partial charge in [-0.05, 0) is 37.3 Å². The van der Waals surface area contributed by atoms with Crippen molar-refractivity contribution < 1.29 is 9.53 Å². The second-order valence-electron chi connectivity index (χ2n) is 5.84. The SMILES string of the molecule is C[C@]12C[C@@H](NC(=O)N1c1ccccc1)c1cc(Cl)ccc1O2. The van der Waals surface area contributed by atoms with Gasteiger partial charge in [0.05, 0.1) is 6.04 Å². The van der Waals surface area contributed by atoms with E-state index in [2.05, 4.69) is 5.32 Å². The summed E-state index contributed by atoms with van der Waals surface area (Å²) in [5.74, 6) is 0.768. The number of nitrogens with zero attached hydrogens (tertiary/aromatic N) is 1. The van der Waals surface area contributed by atoms with Crippen LogP contribution in [0, 0.1) is 0 Å². The number of hydrogen-bond acceptors (Lipinski definition) is 2. The second kappa shape index (κ2) is 4.65. The Morgan fingerprint density at radius 2 is 2.05 bits per heavy atom. The van der Waals surface area contributed by atoms with Crippen LogP contribution in [0.5, 0.6) is 5.75 Å². The van der Waals surface area contributed by atoms with Gasteiger partial charge in [-0.3, -0.25) is 4.90 Å². The Bertz CT molecular complexity index is 750. The first-order chi connectivity index (χ1) is 10.6. The number of rotatable bonds is 1. The Balaban J connectivity index is 1.81. The van der Waals surface area contributed by atoms with Gasteiger partial charge >= 0.3 is 6.03 Å². The summed E-state index contributed by atoms with van der Waals surface area (Å²) in [5, 5.41) is 3.70. The average Bonchev–Trinajstić information content (AvgIpc) is 2.48. The maximum atomic E-state index is 12.6. The van der Waals surface area contributed by atoms with Crippen molar-refractivity contribution in [2.45, 2.75) is 25.1 Å². The van der Waals surface area contributed by atoms with Crippen molar-refractivity contribution in [3.8, 4) is 5.75 Å². The lowest BCUT2D eigenvalue weighted by Gasteiger charge is -2.50. The Kier molecular flexibility index (Phi) is 2.84. The van der Waals surface area contributed by atoms with E-state index in [0.717, 1.165) is 17.0 Å². The first-order valence-electron chi connectivity index (χ1n) is 7.21. The van der Waals surface area contributed by atoms with Crippen LogP contribution in [-0.4, -0.2) is 11.8 Å². The zero-order valence-corrected chi connectivity index (χ0v) is 12.8. The fourth-order valence-electron chi connectivity index (χ4n) is 3.31. The van der Waals surface area contributed by atoms with Crippen molar-refractivity contribution >= 4 is 23.3 Å². The van der Waals surface area contributed by atoms with E-state index in [9.17, 15) is 4.79 Å². The molecule has 2 bridgehead atoms. The second-order valence-corrected chi connectivity index (χ2v) is 6.27. The molecular weight excluding hydrogens is 300 g/mol. The number of urea groups is 1. The monoisotopic (exact) mass is 314 g/mol. The van der Waals surface area contributed by atoms with Gasteiger partial charge in [0.2, 0.25) is 0 Å². The third-order valence-electron chi connectivity index (χ3n) is 4.25. The number of nitrogens with one attached hydrogen (secondary N) is 1. The topological polar surface area (TPSA) is 41.6 Å².